The lowest BCUT2D eigenvalue weighted by Crippen LogP contribution is -2.43. The van der Waals surface area contributed by atoms with E-state index in [4.69, 9.17) is 10.3 Å². The van der Waals surface area contributed by atoms with Crippen molar-refractivity contribution in [1.29, 1.82) is 0 Å². The van der Waals surface area contributed by atoms with Crippen molar-refractivity contribution in [2.24, 2.45) is 5.84 Å². The molecule has 0 bridgehead atoms. The van der Waals surface area contributed by atoms with Crippen molar-refractivity contribution in [2.45, 2.75) is 18.9 Å². The lowest BCUT2D eigenvalue weighted by atomic mass is 10.4. The van der Waals surface area contributed by atoms with Gasteiger partial charge in [-0.25, -0.2) is 0 Å². The second-order valence-electron chi connectivity index (χ2n) is 2.02. The molecule has 3 nitrogen and oxygen atoms in total. The van der Waals surface area contributed by atoms with Crippen LogP contribution in [0.4, 0.5) is 0 Å². The fourth-order valence-corrected chi connectivity index (χ4v) is 2.41. The minimum atomic E-state index is -1.08. The molecule has 1 fully saturated rings. The van der Waals surface area contributed by atoms with Crippen LogP contribution in [-0.2, 0) is 4.43 Å². The van der Waals surface area contributed by atoms with Gasteiger partial charge in [0.1, 0.15) is 0 Å². The van der Waals surface area contributed by atoms with Crippen molar-refractivity contribution in [3.05, 3.63) is 0 Å². The minimum Gasteiger partial charge on any atom is -0.405 e. The molecule has 1 heterocycles. The van der Waals surface area contributed by atoms with E-state index in [0.717, 1.165) is 6.61 Å². The molecule has 0 aromatic heterocycles. The smallest absolute Gasteiger partial charge is 0.265 e. The summed E-state index contributed by atoms with van der Waals surface area (Å²) in [6.45, 7) is 0.918. The molecule has 0 saturated carbocycles. The van der Waals surface area contributed by atoms with Gasteiger partial charge in [-0.2, -0.15) is 0 Å². The Morgan fingerprint density at radius 2 is 2.38 bits per heavy atom. The van der Waals surface area contributed by atoms with Crippen LogP contribution in [0.1, 0.15) is 12.8 Å². The van der Waals surface area contributed by atoms with E-state index in [0.29, 0.717) is 0 Å². The first-order valence-electron chi connectivity index (χ1n) is 3.01. The van der Waals surface area contributed by atoms with Gasteiger partial charge in [-0.3, -0.25) is 10.9 Å². The summed E-state index contributed by atoms with van der Waals surface area (Å²) in [6.07, 6.45) is 2.51. The molecule has 1 rings (SSSR count). The van der Waals surface area contributed by atoms with E-state index in [1.807, 2.05) is 0 Å². The van der Waals surface area contributed by atoms with Gasteiger partial charge >= 0.3 is 0 Å². The standard InChI is InChI=1S/C4H12N2OSi/c5-6-8-4-2-1-3-7-8/h6,8H,1-5H2. The van der Waals surface area contributed by atoms with Crippen molar-refractivity contribution in [3.63, 3.8) is 0 Å². The highest BCUT2D eigenvalue weighted by atomic mass is 28.3. The van der Waals surface area contributed by atoms with Crippen molar-refractivity contribution in [3.8, 4) is 0 Å². The molecule has 1 unspecified atom stereocenters. The van der Waals surface area contributed by atoms with Crippen LogP contribution in [0.3, 0.4) is 0 Å². The number of nitrogens with one attached hydrogen (secondary N) is 1. The monoisotopic (exact) mass is 132 g/mol. The first-order chi connectivity index (χ1) is 3.93. The summed E-state index contributed by atoms with van der Waals surface area (Å²) in [5.41, 5.74) is 0. The van der Waals surface area contributed by atoms with Crippen LogP contribution < -0.4 is 10.9 Å². The summed E-state index contributed by atoms with van der Waals surface area (Å²) >= 11 is 0. The minimum absolute atomic E-state index is 0.918. The van der Waals surface area contributed by atoms with Crippen molar-refractivity contribution >= 4 is 9.20 Å². The fraction of sp³-hybridized carbons (Fsp3) is 1.00. The van der Waals surface area contributed by atoms with Gasteiger partial charge in [0, 0.05) is 6.61 Å². The molecular formula is C4H12N2OSi. The first kappa shape index (κ1) is 6.22. The Morgan fingerprint density at radius 3 is 2.75 bits per heavy atom. The van der Waals surface area contributed by atoms with Gasteiger partial charge in [0.05, 0.1) is 0 Å². The van der Waals surface area contributed by atoms with Crippen molar-refractivity contribution in [2.75, 3.05) is 6.61 Å². The zero-order chi connectivity index (χ0) is 5.82. The summed E-state index contributed by atoms with van der Waals surface area (Å²) in [5, 5.41) is 2.72. The zero-order valence-corrected chi connectivity index (χ0v) is 6.05. The Bertz CT molecular complexity index is 65.1. The highest BCUT2D eigenvalue weighted by molar-refractivity contribution is 6.48. The molecule has 1 aliphatic rings. The highest BCUT2D eigenvalue weighted by Crippen LogP contribution is 2.06. The third kappa shape index (κ3) is 1.55. The maximum Gasteiger partial charge on any atom is 0.265 e. The molecule has 0 spiro atoms. The molecular weight excluding hydrogens is 120 g/mol. The molecule has 1 saturated heterocycles. The number of hydrogen-bond acceptors (Lipinski definition) is 3. The maximum atomic E-state index is 5.33. The topological polar surface area (TPSA) is 47.3 Å². The molecule has 0 aromatic rings. The van der Waals surface area contributed by atoms with Gasteiger partial charge in [0.15, 0.2) is 0 Å². The lowest BCUT2D eigenvalue weighted by molar-refractivity contribution is 0.279. The van der Waals surface area contributed by atoms with Crippen LogP contribution in [0, 0.1) is 0 Å². The molecule has 8 heavy (non-hydrogen) atoms. The lowest BCUT2D eigenvalue weighted by Gasteiger charge is -2.18. The predicted molar refractivity (Wildman–Crippen MR) is 34.5 cm³/mol. The molecule has 0 aliphatic carbocycles. The molecule has 0 amide bonds. The Kier molecular flexibility index (Phi) is 2.48. The number of hydrazine groups is 1. The first-order valence-corrected chi connectivity index (χ1v) is 4.88. The molecule has 4 heteroatoms. The molecule has 0 aromatic carbocycles. The second kappa shape index (κ2) is 3.19. The number of hydrogen-bond donors (Lipinski definition) is 2. The average molecular weight is 132 g/mol. The zero-order valence-electron chi connectivity index (χ0n) is 4.89. The maximum absolute atomic E-state index is 5.33. The fourth-order valence-electron chi connectivity index (χ4n) is 0.872. The van der Waals surface area contributed by atoms with E-state index in [2.05, 4.69) is 5.09 Å². The van der Waals surface area contributed by atoms with E-state index in [-0.39, 0.29) is 0 Å². The normalized spacial score (nSPS) is 30.4. The quantitative estimate of drug-likeness (QED) is 0.287. The van der Waals surface area contributed by atoms with E-state index in [1.54, 1.807) is 0 Å². The predicted octanol–water partition coefficient (Wildman–Crippen LogP) is -0.519. The summed E-state index contributed by atoms with van der Waals surface area (Å²) in [4.78, 5) is 0. The Hall–Kier alpha value is 0.0969. The highest BCUT2D eigenvalue weighted by Gasteiger charge is 2.13. The Balaban J connectivity index is 2.13. The third-order valence-electron chi connectivity index (χ3n) is 1.37. The van der Waals surface area contributed by atoms with Crippen LogP contribution >= 0.6 is 0 Å². The van der Waals surface area contributed by atoms with Crippen LogP contribution in [0.25, 0.3) is 0 Å². The van der Waals surface area contributed by atoms with Crippen molar-refractivity contribution < 1.29 is 4.43 Å². The Morgan fingerprint density at radius 1 is 1.50 bits per heavy atom. The molecule has 1 aliphatic heterocycles. The van der Waals surface area contributed by atoms with Gasteiger partial charge < -0.3 is 4.43 Å². The van der Waals surface area contributed by atoms with Crippen molar-refractivity contribution in [1.82, 2.24) is 5.09 Å². The molecule has 48 valence electrons. The van der Waals surface area contributed by atoms with E-state index in [1.165, 1.54) is 18.9 Å². The van der Waals surface area contributed by atoms with Gasteiger partial charge in [0.2, 0.25) is 0 Å². The molecule has 0 radical (unpaired) electrons. The number of rotatable bonds is 1. The SMILES string of the molecule is NN[SiH]1CCCCO1. The largest absolute Gasteiger partial charge is 0.405 e. The summed E-state index contributed by atoms with van der Waals surface area (Å²) in [6, 6.07) is 1.19. The van der Waals surface area contributed by atoms with Crippen LogP contribution in [0.5, 0.6) is 0 Å². The summed E-state index contributed by atoms with van der Waals surface area (Å²) < 4.78 is 5.33. The van der Waals surface area contributed by atoms with E-state index < -0.39 is 9.20 Å². The average Bonchev–Trinajstić information content (AvgIpc) is 1.90. The van der Waals surface area contributed by atoms with E-state index >= 15 is 0 Å². The van der Waals surface area contributed by atoms with Crippen LogP contribution in [-0.4, -0.2) is 15.8 Å². The van der Waals surface area contributed by atoms with Gasteiger partial charge in [-0.1, -0.05) is 6.42 Å². The van der Waals surface area contributed by atoms with Crippen LogP contribution in [0.2, 0.25) is 6.04 Å². The van der Waals surface area contributed by atoms with Crippen LogP contribution in [0.15, 0.2) is 0 Å². The van der Waals surface area contributed by atoms with E-state index in [9.17, 15) is 0 Å². The van der Waals surface area contributed by atoms with Gasteiger partial charge in [-0.05, 0) is 12.5 Å². The van der Waals surface area contributed by atoms with Gasteiger partial charge in [0.25, 0.3) is 9.20 Å². The second-order valence-corrected chi connectivity index (χ2v) is 4.24. The number of nitrogens with two attached hydrogens (primary N) is 1. The van der Waals surface area contributed by atoms with Gasteiger partial charge in [-0.15, -0.1) is 0 Å². The summed E-state index contributed by atoms with van der Waals surface area (Å²) in [5.74, 6) is 5.19. The molecule has 1 atom stereocenters. The third-order valence-corrected chi connectivity index (χ3v) is 3.31. The Labute approximate surface area is 51.0 Å². The summed E-state index contributed by atoms with van der Waals surface area (Å²) in [7, 11) is -1.08. The molecule has 3 N–H and O–H groups in total.